The number of hydrogen-bond donors (Lipinski definition) is 2. The molecule has 1 unspecified atom stereocenters. The van der Waals surface area contributed by atoms with E-state index in [4.69, 9.17) is 4.74 Å². The fourth-order valence-electron chi connectivity index (χ4n) is 1.88. The Balaban J connectivity index is 2.79. The Hall–Kier alpha value is -1.55. The van der Waals surface area contributed by atoms with Gasteiger partial charge < -0.3 is 15.4 Å². The van der Waals surface area contributed by atoms with E-state index in [-0.39, 0.29) is 11.9 Å². The zero-order valence-electron chi connectivity index (χ0n) is 11.5. The van der Waals surface area contributed by atoms with Gasteiger partial charge in [0.15, 0.2) is 0 Å². The maximum atomic E-state index is 11.5. The third-order valence-electron chi connectivity index (χ3n) is 2.90. The van der Waals surface area contributed by atoms with Crippen LogP contribution in [0.25, 0.3) is 0 Å². The molecule has 1 aromatic rings. The zero-order valence-corrected chi connectivity index (χ0v) is 11.5. The fourth-order valence-corrected chi connectivity index (χ4v) is 1.88. The number of carbonyl (C=O) groups is 1. The van der Waals surface area contributed by atoms with Gasteiger partial charge in [-0.15, -0.1) is 0 Å². The Labute approximate surface area is 109 Å². The second-order valence-corrected chi connectivity index (χ2v) is 4.24. The predicted octanol–water partition coefficient (Wildman–Crippen LogP) is 1.65. The lowest BCUT2D eigenvalue weighted by Crippen LogP contribution is -2.33. The largest absolute Gasteiger partial charge is 0.496 e. The minimum Gasteiger partial charge on any atom is -0.496 e. The molecule has 100 valence electrons. The molecule has 4 nitrogen and oxygen atoms in total. The number of methoxy groups -OCH3 is 1. The van der Waals surface area contributed by atoms with E-state index in [0.29, 0.717) is 6.54 Å². The van der Waals surface area contributed by atoms with E-state index in [1.165, 1.54) is 0 Å². The zero-order chi connectivity index (χ0) is 13.5. The maximum absolute atomic E-state index is 11.5. The lowest BCUT2D eigenvalue weighted by Gasteiger charge is -2.16. The number of aryl methyl sites for hydroxylation is 1. The molecule has 0 radical (unpaired) electrons. The molecule has 0 aromatic heterocycles. The van der Waals surface area contributed by atoms with Gasteiger partial charge in [0.1, 0.15) is 5.75 Å². The standard InChI is InChI=1S/C14H22N2O2/c1-5-11-8-12(6-7-13(11)18-4)10(2)16-14(17)9-15-3/h6-8,10,15H,5,9H2,1-4H3,(H,16,17). The average Bonchev–Trinajstić information content (AvgIpc) is 2.38. The summed E-state index contributed by atoms with van der Waals surface area (Å²) in [6, 6.07) is 6.03. The first-order valence-electron chi connectivity index (χ1n) is 6.23. The van der Waals surface area contributed by atoms with Gasteiger partial charge in [-0.3, -0.25) is 4.79 Å². The summed E-state index contributed by atoms with van der Waals surface area (Å²) in [6.07, 6.45) is 0.911. The van der Waals surface area contributed by atoms with E-state index < -0.39 is 0 Å². The van der Waals surface area contributed by atoms with Gasteiger partial charge in [0, 0.05) is 0 Å². The topological polar surface area (TPSA) is 50.4 Å². The molecule has 0 aliphatic carbocycles. The van der Waals surface area contributed by atoms with Crippen molar-refractivity contribution in [3.8, 4) is 5.75 Å². The van der Waals surface area contributed by atoms with Crippen molar-refractivity contribution >= 4 is 5.91 Å². The molecule has 0 spiro atoms. The SMILES string of the molecule is CCc1cc(C(C)NC(=O)CNC)ccc1OC. The van der Waals surface area contributed by atoms with E-state index in [1.807, 2.05) is 19.1 Å². The smallest absolute Gasteiger partial charge is 0.234 e. The number of ether oxygens (including phenoxy) is 1. The summed E-state index contributed by atoms with van der Waals surface area (Å²) in [5, 5.41) is 5.78. The lowest BCUT2D eigenvalue weighted by atomic mass is 10.0. The van der Waals surface area contributed by atoms with Crippen molar-refractivity contribution in [3.63, 3.8) is 0 Å². The fraction of sp³-hybridized carbons (Fsp3) is 0.500. The van der Waals surface area contributed by atoms with Crippen molar-refractivity contribution in [2.45, 2.75) is 26.3 Å². The highest BCUT2D eigenvalue weighted by molar-refractivity contribution is 5.78. The number of amides is 1. The predicted molar refractivity (Wildman–Crippen MR) is 72.9 cm³/mol. The molecule has 0 aliphatic rings. The van der Waals surface area contributed by atoms with Crippen LogP contribution in [0.15, 0.2) is 18.2 Å². The van der Waals surface area contributed by atoms with Crippen molar-refractivity contribution in [3.05, 3.63) is 29.3 Å². The molecule has 0 fully saturated rings. The Morgan fingerprint density at radius 2 is 2.17 bits per heavy atom. The molecule has 1 atom stereocenters. The van der Waals surface area contributed by atoms with Gasteiger partial charge in [-0.25, -0.2) is 0 Å². The number of likely N-dealkylation sites (N-methyl/N-ethyl adjacent to an activating group) is 1. The second-order valence-electron chi connectivity index (χ2n) is 4.24. The van der Waals surface area contributed by atoms with Gasteiger partial charge in [0.25, 0.3) is 0 Å². The van der Waals surface area contributed by atoms with Gasteiger partial charge in [-0.1, -0.05) is 19.1 Å². The van der Waals surface area contributed by atoms with Crippen LogP contribution in [0.1, 0.15) is 31.0 Å². The van der Waals surface area contributed by atoms with Crippen molar-refractivity contribution < 1.29 is 9.53 Å². The molecule has 0 heterocycles. The molecule has 4 heteroatoms. The van der Waals surface area contributed by atoms with Crippen LogP contribution in [0.3, 0.4) is 0 Å². The molecule has 1 amide bonds. The van der Waals surface area contributed by atoms with Gasteiger partial charge >= 0.3 is 0 Å². The van der Waals surface area contributed by atoms with Gasteiger partial charge in [0.2, 0.25) is 5.91 Å². The molecule has 1 rings (SSSR count). The summed E-state index contributed by atoms with van der Waals surface area (Å²) in [4.78, 5) is 11.5. The number of hydrogen-bond acceptors (Lipinski definition) is 3. The van der Waals surface area contributed by atoms with Crippen LogP contribution >= 0.6 is 0 Å². The first-order chi connectivity index (χ1) is 8.62. The molecule has 18 heavy (non-hydrogen) atoms. The lowest BCUT2D eigenvalue weighted by molar-refractivity contribution is -0.120. The van der Waals surface area contributed by atoms with E-state index >= 15 is 0 Å². The highest BCUT2D eigenvalue weighted by Crippen LogP contribution is 2.23. The Morgan fingerprint density at radius 3 is 2.72 bits per heavy atom. The van der Waals surface area contributed by atoms with E-state index in [2.05, 4.69) is 23.6 Å². The van der Waals surface area contributed by atoms with Crippen LogP contribution in [-0.2, 0) is 11.2 Å². The van der Waals surface area contributed by atoms with Crippen LogP contribution in [0.2, 0.25) is 0 Å². The molecule has 0 saturated carbocycles. The molecular formula is C14H22N2O2. The van der Waals surface area contributed by atoms with Gasteiger partial charge in [-0.05, 0) is 37.6 Å². The minimum atomic E-state index is -0.00105. The van der Waals surface area contributed by atoms with Crippen molar-refractivity contribution in [1.29, 1.82) is 0 Å². The number of carbonyl (C=O) groups excluding carboxylic acids is 1. The van der Waals surface area contributed by atoms with Crippen LogP contribution in [0, 0.1) is 0 Å². The summed E-state index contributed by atoms with van der Waals surface area (Å²) in [5.74, 6) is 0.897. The molecule has 1 aromatic carbocycles. The monoisotopic (exact) mass is 250 g/mol. The summed E-state index contributed by atoms with van der Waals surface area (Å²) in [5.41, 5.74) is 2.25. The van der Waals surface area contributed by atoms with E-state index in [0.717, 1.165) is 23.3 Å². The van der Waals surface area contributed by atoms with Crippen molar-refractivity contribution in [2.75, 3.05) is 20.7 Å². The maximum Gasteiger partial charge on any atom is 0.234 e. The summed E-state index contributed by atoms with van der Waals surface area (Å²) < 4.78 is 5.29. The van der Waals surface area contributed by atoms with Crippen LogP contribution < -0.4 is 15.4 Å². The number of nitrogens with one attached hydrogen (secondary N) is 2. The second kappa shape index (κ2) is 7.01. The van der Waals surface area contributed by atoms with Crippen molar-refractivity contribution in [1.82, 2.24) is 10.6 Å². The molecule has 2 N–H and O–H groups in total. The Kier molecular flexibility index (Phi) is 5.65. The normalized spacial score (nSPS) is 12.0. The third kappa shape index (κ3) is 3.74. The molecule has 0 saturated heterocycles. The average molecular weight is 250 g/mol. The number of benzene rings is 1. The van der Waals surface area contributed by atoms with E-state index in [9.17, 15) is 4.79 Å². The highest BCUT2D eigenvalue weighted by Gasteiger charge is 2.11. The molecule has 0 aliphatic heterocycles. The minimum absolute atomic E-state index is 0.00105. The van der Waals surface area contributed by atoms with Gasteiger partial charge in [-0.2, -0.15) is 0 Å². The Bertz CT molecular complexity index is 405. The third-order valence-corrected chi connectivity index (χ3v) is 2.90. The number of rotatable bonds is 6. The molecule has 0 bridgehead atoms. The summed E-state index contributed by atoms with van der Waals surface area (Å²) >= 11 is 0. The van der Waals surface area contributed by atoms with Crippen LogP contribution in [-0.4, -0.2) is 26.6 Å². The first kappa shape index (κ1) is 14.5. The quantitative estimate of drug-likeness (QED) is 0.807. The highest BCUT2D eigenvalue weighted by atomic mass is 16.5. The Morgan fingerprint density at radius 1 is 1.44 bits per heavy atom. The van der Waals surface area contributed by atoms with Crippen LogP contribution in [0.5, 0.6) is 5.75 Å². The van der Waals surface area contributed by atoms with Gasteiger partial charge in [0.05, 0.1) is 19.7 Å². The summed E-state index contributed by atoms with van der Waals surface area (Å²) in [7, 11) is 3.43. The van der Waals surface area contributed by atoms with Crippen LogP contribution in [0.4, 0.5) is 0 Å². The molecular weight excluding hydrogens is 228 g/mol. The summed E-state index contributed by atoms with van der Waals surface area (Å²) in [6.45, 7) is 4.40. The van der Waals surface area contributed by atoms with E-state index in [1.54, 1.807) is 14.2 Å². The first-order valence-corrected chi connectivity index (χ1v) is 6.23. The van der Waals surface area contributed by atoms with Crippen molar-refractivity contribution in [2.24, 2.45) is 0 Å².